The van der Waals surface area contributed by atoms with Crippen LogP contribution in [0.2, 0.25) is 0 Å². The van der Waals surface area contributed by atoms with Crippen LogP contribution in [0.1, 0.15) is 34.7 Å². The standard InChI is InChI=1S/C12H19N3O2/c1-3-15(4-2)6-5-13-12(17)11-7-10(9-16)8-14-11/h7-9,14H,3-6H2,1-2H3,(H,13,17). The van der Waals surface area contributed by atoms with Gasteiger partial charge in [0.2, 0.25) is 0 Å². The highest BCUT2D eigenvalue weighted by molar-refractivity contribution is 5.94. The van der Waals surface area contributed by atoms with Crippen molar-refractivity contribution < 1.29 is 9.59 Å². The highest BCUT2D eigenvalue weighted by atomic mass is 16.1. The maximum Gasteiger partial charge on any atom is 0.267 e. The van der Waals surface area contributed by atoms with E-state index in [2.05, 4.69) is 29.0 Å². The van der Waals surface area contributed by atoms with E-state index in [0.717, 1.165) is 19.6 Å². The second kappa shape index (κ2) is 6.85. The van der Waals surface area contributed by atoms with Crippen molar-refractivity contribution >= 4 is 12.2 Å². The molecule has 5 heteroatoms. The summed E-state index contributed by atoms with van der Waals surface area (Å²) in [6, 6.07) is 1.54. The number of rotatable bonds is 7. The third kappa shape index (κ3) is 4.03. The molecule has 17 heavy (non-hydrogen) atoms. The molecule has 0 aliphatic rings. The largest absolute Gasteiger partial charge is 0.357 e. The minimum Gasteiger partial charge on any atom is -0.357 e. The Morgan fingerprint density at radius 3 is 2.71 bits per heavy atom. The Morgan fingerprint density at radius 1 is 1.47 bits per heavy atom. The fraction of sp³-hybridized carbons (Fsp3) is 0.500. The van der Waals surface area contributed by atoms with Crippen LogP contribution in [0.25, 0.3) is 0 Å². The Morgan fingerprint density at radius 2 is 2.18 bits per heavy atom. The summed E-state index contributed by atoms with van der Waals surface area (Å²) in [5, 5.41) is 2.81. The van der Waals surface area contributed by atoms with Gasteiger partial charge in [-0.05, 0) is 19.2 Å². The number of amides is 1. The summed E-state index contributed by atoms with van der Waals surface area (Å²) < 4.78 is 0. The molecule has 1 heterocycles. The third-order valence-corrected chi connectivity index (χ3v) is 2.69. The van der Waals surface area contributed by atoms with Gasteiger partial charge in [0.1, 0.15) is 5.69 Å². The molecular formula is C12H19N3O2. The average Bonchev–Trinajstić information content (AvgIpc) is 2.83. The highest BCUT2D eigenvalue weighted by Gasteiger charge is 2.08. The monoisotopic (exact) mass is 237 g/mol. The number of nitrogens with one attached hydrogen (secondary N) is 2. The van der Waals surface area contributed by atoms with Gasteiger partial charge in [0.15, 0.2) is 6.29 Å². The number of aromatic nitrogens is 1. The van der Waals surface area contributed by atoms with Gasteiger partial charge in [0, 0.05) is 24.8 Å². The molecule has 0 atom stereocenters. The Balaban J connectivity index is 2.36. The molecule has 0 aliphatic heterocycles. The molecule has 5 nitrogen and oxygen atoms in total. The van der Waals surface area contributed by atoms with Crippen molar-refractivity contribution in [2.75, 3.05) is 26.2 Å². The first-order chi connectivity index (χ1) is 8.21. The molecule has 0 saturated carbocycles. The number of aromatic amines is 1. The number of nitrogens with zero attached hydrogens (tertiary/aromatic N) is 1. The van der Waals surface area contributed by atoms with Crippen LogP contribution in [0.15, 0.2) is 12.3 Å². The molecule has 0 saturated heterocycles. The van der Waals surface area contributed by atoms with Crippen LogP contribution in [0, 0.1) is 0 Å². The van der Waals surface area contributed by atoms with Crippen LogP contribution in [-0.2, 0) is 0 Å². The predicted octanol–water partition coefficient (Wildman–Crippen LogP) is 0.899. The third-order valence-electron chi connectivity index (χ3n) is 2.69. The normalized spacial score (nSPS) is 10.5. The fourth-order valence-electron chi connectivity index (χ4n) is 1.57. The van der Waals surface area contributed by atoms with Crippen LogP contribution in [0.5, 0.6) is 0 Å². The molecular weight excluding hydrogens is 218 g/mol. The maximum atomic E-state index is 11.7. The van der Waals surface area contributed by atoms with Gasteiger partial charge in [0.05, 0.1) is 0 Å². The van der Waals surface area contributed by atoms with Crippen molar-refractivity contribution in [1.29, 1.82) is 0 Å². The zero-order valence-corrected chi connectivity index (χ0v) is 10.3. The van der Waals surface area contributed by atoms with E-state index >= 15 is 0 Å². The fourth-order valence-corrected chi connectivity index (χ4v) is 1.57. The number of hydrogen-bond acceptors (Lipinski definition) is 3. The first-order valence-corrected chi connectivity index (χ1v) is 5.85. The topological polar surface area (TPSA) is 65.2 Å². The quantitative estimate of drug-likeness (QED) is 0.692. The Bertz CT molecular complexity index is 370. The number of H-pyrrole nitrogens is 1. The molecule has 0 aliphatic carbocycles. The Hall–Kier alpha value is -1.62. The molecule has 0 fully saturated rings. The smallest absolute Gasteiger partial charge is 0.267 e. The lowest BCUT2D eigenvalue weighted by Gasteiger charge is -2.17. The number of aldehydes is 1. The summed E-state index contributed by atoms with van der Waals surface area (Å²) in [6.45, 7) is 7.57. The van der Waals surface area contributed by atoms with E-state index in [4.69, 9.17) is 0 Å². The molecule has 0 radical (unpaired) electrons. The summed E-state index contributed by atoms with van der Waals surface area (Å²) in [6.07, 6.45) is 2.23. The summed E-state index contributed by atoms with van der Waals surface area (Å²) in [7, 11) is 0. The van der Waals surface area contributed by atoms with E-state index in [-0.39, 0.29) is 5.91 Å². The molecule has 0 aromatic carbocycles. The molecule has 2 N–H and O–H groups in total. The predicted molar refractivity (Wildman–Crippen MR) is 66.3 cm³/mol. The maximum absolute atomic E-state index is 11.7. The van der Waals surface area contributed by atoms with Gasteiger partial charge < -0.3 is 15.2 Å². The summed E-state index contributed by atoms with van der Waals surface area (Å²) >= 11 is 0. The molecule has 1 amide bonds. The van der Waals surface area contributed by atoms with Crippen LogP contribution in [0.4, 0.5) is 0 Å². The van der Waals surface area contributed by atoms with E-state index in [1.807, 2.05) is 0 Å². The number of carbonyl (C=O) groups excluding carboxylic acids is 2. The second-order valence-corrected chi connectivity index (χ2v) is 3.75. The molecule has 94 valence electrons. The van der Waals surface area contributed by atoms with Gasteiger partial charge >= 0.3 is 0 Å². The van der Waals surface area contributed by atoms with Crippen LogP contribution >= 0.6 is 0 Å². The lowest BCUT2D eigenvalue weighted by molar-refractivity contribution is 0.0944. The Kier molecular flexibility index (Phi) is 5.42. The molecule has 1 aromatic rings. The molecule has 1 aromatic heterocycles. The summed E-state index contributed by atoms with van der Waals surface area (Å²) in [5.41, 5.74) is 0.908. The number of likely N-dealkylation sites (N-methyl/N-ethyl adjacent to an activating group) is 1. The van der Waals surface area contributed by atoms with Crippen LogP contribution < -0.4 is 5.32 Å². The van der Waals surface area contributed by atoms with Crippen molar-refractivity contribution in [3.8, 4) is 0 Å². The van der Waals surface area contributed by atoms with Crippen molar-refractivity contribution in [1.82, 2.24) is 15.2 Å². The minimum atomic E-state index is -0.176. The van der Waals surface area contributed by atoms with Crippen molar-refractivity contribution in [3.05, 3.63) is 23.5 Å². The average molecular weight is 237 g/mol. The van der Waals surface area contributed by atoms with Crippen LogP contribution in [0.3, 0.4) is 0 Å². The van der Waals surface area contributed by atoms with Gasteiger partial charge in [-0.25, -0.2) is 0 Å². The number of carbonyl (C=O) groups is 2. The molecule has 1 rings (SSSR count). The minimum absolute atomic E-state index is 0.176. The molecule has 0 unspecified atom stereocenters. The van der Waals surface area contributed by atoms with Gasteiger partial charge in [-0.3, -0.25) is 9.59 Å². The highest BCUT2D eigenvalue weighted by Crippen LogP contribution is 2.00. The molecule has 0 spiro atoms. The van der Waals surface area contributed by atoms with Crippen molar-refractivity contribution in [2.24, 2.45) is 0 Å². The van der Waals surface area contributed by atoms with Gasteiger partial charge in [-0.15, -0.1) is 0 Å². The van der Waals surface area contributed by atoms with E-state index in [1.54, 1.807) is 6.07 Å². The zero-order valence-electron chi connectivity index (χ0n) is 10.3. The van der Waals surface area contributed by atoms with Crippen molar-refractivity contribution in [2.45, 2.75) is 13.8 Å². The Labute approximate surface area is 101 Å². The van der Waals surface area contributed by atoms with E-state index in [1.165, 1.54) is 6.20 Å². The van der Waals surface area contributed by atoms with Gasteiger partial charge in [-0.1, -0.05) is 13.8 Å². The van der Waals surface area contributed by atoms with Crippen molar-refractivity contribution in [3.63, 3.8) is 0 Å². The second-order valence-electron chi connectivity index (χ2n) is 3.75. The lowest BCUT2D eigenvalue weighted by atomic mass is 10.3. The van der Waals surface area contributed by atoms with Crippen LogP contribution in [-0.4, -0.2) is 48.3 Å². The van der Waals surface area contributed by atoms with E-state index < -0.39 is 0 Å². The summed E-state index contributed by atoms with van der Waals surface area (Å²) in [5.74, 6) is -0.176. The number of hydrogen-bond donors (Lipinski definition) is 2. The summed E-state index contributed by atoms with van der Waals surface area (Å²) in [4.78, 5) is 27.1. The molecule has 0 bridgehead atoms. The first kappa shape index (κ1) is 13.4. The van der Waals surface area contributed by atoms with Gasteiger partial charge in [0.25, 0.3) is 5.91 Å². The SMILES string of the molecule is CCN(CC)CCNC(=O)c1cc(C=O)c[nH]1. The first-order valence-electron chi connectivity index (χ1n) is 5.85. The zero-order chi connectivity index (χ0) is 12.7. The lowest BCUT2D eigenvalue weighted by Crippen LogP contribution is -2.34. The van der Waals surface area contributed by atoms with E-state index in [9.17, 15) is 9.59 Å². The van der Waals surface area contributed by atoms with E-state index in [0.29, 0.717) is 24.1 Å². The van der Waals surface area contributed by atoms with Gasteiger partial charge in [-0.2, -0.15) is 0 Å².